The Balaban J connectivity index is 2.21. The van der Waals surface area contributed by atoms with Gasteiger partial charge in [-0.15, -0.1) is 0 Å². The largest absolute Gasteiger partial charge is 0.496 e. The van der Waals surface area contributed by atoms with Crippen LogP contribution in [0.15, 0.2) is 21.3 Å². The Kier molecular flexibility index (Phi) is 6.83. The molecule has 0 saturated heterocycles. The molecule has 28 heavy (non-hydrogen) atoms. The molecule has 1 aromatic heterocycles. The summed E-state index contributed by atoms with van der Waals surface area (Å²) in [5, 5.41) is 12.6. The molecule has 1 amide bonds. The quantitative estimate of drug-likeness (QED) is 0.673. The molecule has 2 N–H and O–H groups in total. The number of amides is 1. The van der Waals surface area contributed by atoms with E-state index in [0.717, 1.165) is 16.5 Å². The van der Waals surface area contributed by atoms with Crippen LogP contribution in [0.25, 0.3) is 11.0 Å². The monoisotopic (exact) mass is 389 g/mol. The van der Waals surface area contributed by atoms with Gasteiger partial charge in [-0.1, -0.05) is 13.8 Å². The number of ether oxygens (including phenoxy) is 1. The Labute approximate surface area is 163 Å². The van der Waals surface area contributed by atoms with Crippen molar-refractivity contribution in [3.8, 4) is 5.75 Å². The minimum atomic E-state index is -1.06. The number of hydrogen-bond donors (Lipinski definition) is 2. The van der Waals surface area contributed by atoms with Gasteiger partial charge < -0.3 is 19.6 Å². The number of carboxylic acids is 1. The van der Waals surface area contributed by atoms with Gasteiger partial charge in [0, 0.05) is 22.9 Å². The zero-order chi connectivity index (χ0) is 21.0. The molecule has 0 aliphatic heterocycles. The van der Waals surface area contributed by atoms with Crippen LogP contribution in [0.2, 0.25) is 0 Å². The van der Waals surface area contributed by atoms with E-state index < -0.39 is 23.5 Å². The molecule has 0 unspecified atom stereocenters. The first-order valence-electron chi connectivity index (χ1n) is 9.27. The van der Waals surface area contributed by atoms with Crippen LogP contribution in [-0.2, 0) is 16.0 Å². The second-order valence-electron chi connectivity index (χ2n) is 7.35. The molecule has 0 fully saturated rings. The second-order valence-corrected chi connectivity index (χ2v) is 7.35. The summed E-state index contributed by atoms with van der Waals surface area (Å²) in [5.41, 5.74) is 1.89. The van der Waals surface area contributed by atoms with E-state index in [0.29, 0.717) is 23.3 Å². The lowest BCUT2D eigenvalue weighted by Gasteiger charge is -2.16. The van der Waals surface area contributed by atoms with Crippen molar-refractivity contribution in [3.05, 3.63) is 39.2 Å². The van der Waals surface area contributed by atoms with Crippen LogP contribution >= 0.6 is 0 Å². The van der Waals surface area contributed by atoms with Gasteiger partial charge in [-0.3, -0.25) is 4.79 Å². The number of carboxylic acid groups (broad SMARTS) is 1. The molecule has 7 heteroatoms. The van der Waals surface area contributed by atoms with Crippen molar-refractivity contribution >= 4 is 22.8 Å². The summed E-state index contributed by atoms with van der Waals surface area (Å²) in [6, 6.07) is 2.70. The minimum Gasteiger partial charge on any atom is -0.496 e. The summed E-state index contributed by atoms with van der Waals surface area (Å²) >= 11 is 0. The SMILES string of the molecule is COc1ccc2c(C)c(CCC(=O)N[C@@H](CC(C)C)C(=O)O)c(=O)oc2c1C. The first kappa shape index (κ1) is 21.5. The van der Waals surface area contributed by atoms with Crippen LogP contribution in [0.4, 0.5) is 0 Å². The Hall–Kier alpha value is -2.83. The van der Waals surface area contributed by atoms with Crippen molar-refractivity contribution < 1.29 is 23.8 Å². The predicted molar refractivity (Wildman–Crippen MR) is 106 cm³/mol. The standard InChI is InChI=1S/C21H27NO6/c1-11(2)10-16(20(24)25)22-18(23)9-7-15-12(3)14-6-8-17(27-5)13(4)19(14)28-21(15)26/h6,8,11,16H,7,9-10H2,1-5H3,(H,22,23)(H,24,25)/t16-/m0/s1. The third kappa shape index (κ3) is 4.71. The average Bonchev–Trinajstić information content (AvgIpc) is 2.61. The van der Waals surface area contributed by atoms with Crippen LogP contribution in [0, 0.1) is 19.8 Å². The Morgan fingerprint density at radius 1 is 1.21 bits per heavy atom. The summed E-state index contributed by atoms with van der Waals surface area (Å²) < 4.78 is 10.8. The van der Waals surface area contributed by atoms with Crippen molar-refractivity contribution in [2.75, 3.05) is 7.11 Å². The van der Waals surface area contributed by atoms with E-state index in [1.807, 2.05) is 39.8 Å². The Morgan fingerprint density at radius 2 is 1.89 bits per heavy atom. The van der Waals surface area contributed by atoms with Crippen molar-refractivity contribution in [1.82, 2.24) is 5.32 Å². The Bertz CT molecular complexity index is 944. The van der Waals surface area contributed by atoms with E-state index in [1.54, 1.807) is 7.11 Å². The summed E-state index contributed by atoms with van der Waals surface area (Å²) in [6.45, 7) is 7.42. The van der Waals surface area contributed by atoms with Crippen LogP contribution < -0.4 is 15.7 Å². The molecule has 0 spiro atoms. The van der Waals surface area contributed by atoms with Crippen LogP contribution in [0.5, 0.6) is 5.75 Å². The highest BCUT2D eigenvalue weighted by atomic mass is 16.5. The molecule has 7 nitrogen and oxygen atoms in total. The fourth-order valence-electron chi connectivity index (χ4n) is 3.28. The molecule has 0 radical (unpaired) electrons. The van der Waals surface area contributed by atoms with E-state index in [9.17, 15) is 19.5 Å². The van der Waals surface area contributed by atoms with Gasteiger partial charge in [0.1, 0.15) is 17.4 Å². The lowest BCUT2D eigenvalue weighted by Crippen LogP contribution is -2.41. The van der Waals surface area contributed by atoms with Gasteiger partial charge in [0.15, 0.2) is 0 Å². The molecular weight excluding hydrogens is 362 g/mol. The van der Waals surface area contributed by atoms with E-state index in [4.69, 9.17) is 9.15 Å². The maximum Gasteiger partial charge on any atom is 0.339 e. The fraction of sp³-hybridized carbons (Fsp3) is 0.476. The number of hydrogen-bond acceptors (Lipinski definition) is 5. The van der Waals surface area contributed by atoms with Gasteiger partial charge in [0.2, 0.25) is 5.91 Å². The van der Waals surface area contributed by atoms with Crippen molar-refractivity contribution in [2.45, 2.75) is 53.0 Å². The molecule has 1 aromatic carbocycles. The summed E-state index contributed by atoms with van der Waals surface area (Å²) in [7, 11) is 1.55. The number of rotatable bonds is 8. The van der Waals surface area contributed by atoms with Crippen LogP contribution in [0.1, 0.15) is 43.4 Å². The molecule has 0 aliphatic rings. The van der Waals surface area contributed by atoms with Gasteiger partial charge in [-0.25, -0.2) is 9.59 Å². The zero-order valence-corrected chi connectivity index (χ0v) is 16.9. The third-order valence-electron chi connectivity index (χ3n) is 4.82. The van der Waals surface area contributed by atoms with E-state index in [-0.39, 0.29) is 18.8 Å². The molecule has 1 heterocycles. The van der Waals surface area contributed by atoms with Crippen molar-refractivity contribution in [2.24, 2.45) is 5.92 Å². The molecule has 0 bridgehead atoms. The first-order chi connectivity index (χ1) is 13.1. The number of methoxy groups -OCH3 is 1. The molecule has 0 saturated carbocycles. The topological polar surface area (TPSA) is 106 Å². The minimum absolute atomic E-state index is 0.00805. The highest BCUT2D eigenvalue weighted by Crippen LogP contribution is 2.29. The van der Waals surface area contributed by atoms with Gasteiger partial charge in [-0.05, 0) is 50.3 Å². The number of carbonyl (C=O) groups is 2. The highest BCUT2D eigenvalue weighted by Gasteiger charge is 2.22. The zero-order valence-electron chi connectivity index (χ0n) is 16.9. The summed E-state index contributed by atoms with van der Waals surface area (Å²) in [5.74, 6) is -0.700. The fourth-order valence-corrected chi connectivity index (χ4v) is 3.28. The van der Waals surface area contributed by atoms with E-state index in [1.165, 1.54) is 0 Å². The van der Waals surface area contributed by atoms with E-state index in [2.05, 4.69) is 5.32 Å². The summed E-state index contributed by atoms with van der Waals surface area (Å²) in [6.07, 6.45) is 0.530. The Morgan fingerprint density at radius 3 is 2.46 bits per heavy atom. The van der Waals surface area contributed by atoms with Gasteiger partial charge in [0.05, 0.1) is 7.11 Å². The second kappa shape index (κ2) is 8.91. The summed E-state index contributed by atoms with van der Waals surface area (Å²) in [4.78, 5) is 36.0. The molecule has 2 rings (SSSR count). The maximum absolute atomic E-state index is 12.5. The molecule has 2 aromatic rings. The smallest absolute Gasteiger partial charge is 0.339 e. The lowest BCUT2D eigenvalue weighted by molar-refractivity contribution is -0.142. The molecule has 152 valence electrons. The normalized spacial score (nSPS) is 12.2. The van der Waals surface area contributed by atoms with Crippen molar-refractivity contribution in [1.29, 1.82) is 0 Å². The number of carbonyl (C=O) groups excluding carboxylic acids is 1. The van der Waals surface area contributed by atoms with Crippen LogP contribution in [0.3, 0.4) is 0 Å². The number of aryl methyl sites for hydroxylation is 2. The third-order valence-corrected chi connectivity index (χ3v) is 4.82. The number of fused-ring (bicyclic) bond motifs is 1. The van der Waals surface area contributed by atoms with Gasteiger partial charge in [-0.2, -0.15) is 0 Å². The first-order valence-corrected chi connectivity index (χ1v) is 9.27. The van der Waals surface area contributed by atoms with Gasteiger partial charge >= 0.3 is 11.6 Å². The van der Waals surface area contributed by atoms with E-state index >= 15 is 0 Å². The lowest BCUT2D eigenvalue weighted by atomic mass is 10.00. The maximum atomic E-state index is 12.5. The highest BCUT2D eigenvalue weighted by molar-refractivity contribution is 5.86. The molecule has 0 aliphatic carbocycles. The number of nitrogens with one attached hydrogen (secondary N) is 1. The molecular formula is C21H27NO6. The van der Waals surface area contributed by atoms with Crippen molar-refractivity contribution in [3.63, 3.8) is 0 Å². The van der Waals surface area contributed by atoms with Crippen LogP contribution in [-0.4, -0.2) is 30.1 Å². The number of benzene rings is 1. The predicted octanol–water partition coefficient (Wildman–Crippen LogP) is 2.97. The molecule has 1 atom stereocenters. The average molecular weight is 389 g/mol. The van der Waals surface area contributed by atoms with Gasteiger partial charge in [0.25, 0.3) is 0 Å². The number of aliphatic carboxylic acids is 1.